The van der Waals surface area contributed by atoms with Crippen LogP contribution < -0.4 is 5.32 Å². The van der Waals surface area contributed by atoms with Crippen LogP contribution in [-0.2, 0) is 0 Å². The average molecular weight is 177 g/mol. The summed E-state index contributed by atoms with van der Waals surface area (Å²) in [5.41, 5.74) is 2.37. The van der Waals surface area contributed by atoms with E-state index >= 15 is 0 Å². The number of benzene rings is 1. The summed E-state index contributed by atoms with van der Waals surface area (Å²) in [5, 5.41) is 12.5. The van der Waals surface area contributed by atoms with Gasteiger partial charge in [0.05, 0.1) is 12.1 Å². The van der Waals surface area contributed by atoms with Crippen LogP contribution >= 0.6 is 0 Å². The fraction of sp³-hybridized carbons (Fsp3) is 0.455. The van der Waals surface area contributed by atoms with E-state index in [0.717, 1.165) is 18.5 Å². The number of hydrogen-bond acceptors (Lipinski definition) is 2. The van der Waals surface area contributed by atoms with E-state index in [1.807, 2.05) is 0 Å². The molecule has 1 aromatic rings. The lowest BCUT2D eigenvalue weighted by atomic mass is 10.2. The molecule has 0 radical (unpaired) electrons. The van der Waals surface area contributed by atoms with E-state index in [2.05, 4.69) is 36.5 Å². The van der Waals surface area contributed by atoms with Gasteiger partial charge in [0, 0.05) is 5.69 Å². The van der Waals surface area contributed by atoms with E-state index in [1.165, 1.54) is 5.56 Å². The van der Waals surface area contributed by atoms with Crippen molar-refractivity contribution in [3.05, 3.63) is 29.8 Å². The highest BCUT2D eigenvalue weighted by atomic mass is 16.3. The maximum absolute atomic E-state index is 9.11. The molecule has 2 nitrogen and oxygen atoms in total. The number of hydrogen-bond donors (Lipinski definition) is 2. The molecule has 0 saturated heterocycles. The van der Waals surface area contributed by atoms with Crippen molar-refractivity contribution < 1.29 is 5.11 Å². The summed E-state index contributed by atoms with van der Waals surface area (Å²) in [5.74, 6) is 0. The predicted molar refractivity (Wildman–Crippen MR) is 53.9 cm³/mol. The average Bonchev–Trinajstić information content (AvgIpc) is 2.90. The highest BCUT2D eigenvalue weighted by Crippen LogP contribution is 2.38. The van der Waals surface area contributed by atoms with E-state index in [4.69, 9.17) is 5.11 Å². The minimum atomic E-state index is -0.00470. The van der Waals surface area contributed by atoms with E-state index < -0.39 is 0 Å². The molecule has 0 spiro atoms. The molecule has 1 saturated carbocycles. The Labute approximate surface area is 78.6 Å². The van der Waals surface area contributed by atoms with Gasteiger partial charge in [0.25, 0.3) is 0 Å². The highest BCUT2D eigenvalue weighted by molar-refractivity contribution is 5.48. The molecule has 0 unspecified atom stereocenters. The van der Waals surface area contributed by atoms with Crippen molar-refractivity contribution in [3.63, 3.8) is 0 Å². The van der Waals surface area contributed by atoms with Gasteiger partial charge in [-0.2, -0.15) is 0 Å². The van der Waals surface area contributed by atoms with Crippen LogP contribution in [0.3, 0.4) is 0 Å². The first kappa shape index (κ1) is 8.57. The molecule has 0 amide bonds. The second-order valence-corrected chi connectivity index (χ2v) is 3.93. The third-order valence-electron chi connectivity index (χ3n) is 2.62. The molecule has 0 bridgehead atoms. The molecule has 1 aliphatic carbocycles. The zero-order chi connectivity index (χ0) is 9.31. The first-order valence-electron chi connectivity index (χ1n) is 4.70. The van der Waals surface area contributed by atoms with E-state index in [1.54, 1.807) is 0 Å². The SMILES string of the molecule is Cc1ccc(NC2(CO)CC2)cc1. The van der Waals surface area contributed by atoms with Crippen molar-refractivity contribution in [1.82, 2.24) is 0 Å². The normalized spacial score (nSPS) is 18.3. The molecule has 13 heavy (non-hydrogen) atoms. The van der Waals surface area contributed by atoms with Crippen LogP contribution in [-0.4, -0.2) is 17.3 Å². The number of nitrogens with one attached hydrogen (secondary N) is 1. The number of aliphatic hydroxyl groups is 1. The summed E-state index contributed by atoms with van der Waals surface area (Å²) in [7, 11) is 0. The van der Waals surface area contributed by atoms with Crippen molar-refractivity contribution in [1.29, 1.82) is 0 Å². The first-order valence-corrected chi connectivity index (χ1v) is 4.70. The summed E-state index contributed by atoms with van der Waals surface area (Å²) >= 11 is 0. The van der Waals surface area contributed by atoms with Gasteiger partial charge in [-0.3, -0.25) is 0 Å². The maximum Gasteiger partial charge on any atom is 0.0661 e. The monoisotopic (exact) mass is 177 g/mol. The Hall–Kier alpha value is -1.02. The largest absolute Gasteiger partial charge is 0.394 e. The molecule has 2 heteroatoms. The standard InChI is InChI=1S/C11H15NO/c1-9-2-4-10(5-3-9)12-11(8-13)6-7-11/h2-5,12-13H,6-8H2,1H3. The van der Waals surface area contributed by atoms with Crippen molar-refractivity contribution in [3.8, 4) is 0 Å². The fourth-order valence-electron chi connectivity index (χ4n) is 1.42. The van der Waals surface area contributed by atoms with E-state index in [0.29, 0.717) is 0 Å². The van der Waals surface area contributed by atoms with Crippen LogP contribution in [0.2, 0.25) is 0 Å². The topological polar surface area (TPSA) is 32.3 Å². The van der Waals surface area contributed by atoms with Crippen LogP contribution in [0, 0.1) is 6.92 Å². The van der Waals surface area contributed by atoms with Crippen LogP contribution in [0.25, 0.3) is 0 Å². The van der Waals surface area contributed by atoms with Crippen LogP contribution in [0.15, 0.2) is 24.3 Å². The second-order valence-electron chi connectivity index (χ2n) is 3.93. The van der Waals surface area contributed by atoms with Crippen molar-refractivity contribution in [2.75, 3.05) is 11.9 Å². The molecule has 1 fully saturated rings. The van der Waals surface area contributed by atoms with Gasteiger partial charge in [-0.25, -0.2) is 0 Å². The van der Waals surface area contributed by atoms with Crippen LogP contribution in [0.4, 0.5) is 5.69 Å². The Bertz CT molecular complexity index is 287. The number of aliphatic hydroxyl groups excluding tert-OH is 1. The zero-order valence-electron chi connectivity index (χ0n) is 7.88. The Balaban J connectivity index is 2.06. The number of anilines is 1. The lowest BCUT2D eigenvalue weighted by molar-refractivity contribution is 0.266. The number of rotatable bonds is 3. The van der Waals surface area contributed by atoms with Gasteiger partial charge in [0.1, 0.15) is 0 Å². The van der Waals surface area contributed by atoms with Crippen molar-refractivity contribution >= 4 is 5.69 Å². The molecule has 0 aromatic heterocycles. The van der Waals surface area contributed by atoms with Gasteiger partial charge in [-0.05, 0) is 31.9 Å². The third kappa shape index (κ3) is 1.83. The fourth-order valence-corrected chi connectivity index (χ4v) is 1.42. The second kappa shape index (κ2) is 3.04. The van der Waals surface area contributed by atoms with E-state index in [9.17, 15) is 0 Å². The van der Waals surface area contributed by atoms with E-state index in [-0.39, 0.29) is 12.1 Å². The molecule has 2 rings (SSSR count). The van der Waals surface area contributed by atoms with Gasteiger partial charge in [0.2, 0.25) is 0 Å². The lowest BCUT2D eigenvalue weighted by Gasteiger charge is -2.15. The van der Waals surface area contributed by atoms with Crippen molar-refractivity contribution in [2.45, 2.75) is 25.3 Å². The number of aryl methyl sites for hydroxylation is 1. The van der Waals surface area contributed by atoms with Crippen LogP contribution in [0.5, 0.6) is 0 Å². The smallest absolute Gasteiger partial charge is 0.0661 e. The minimum absolute atomic E-state index is 0.00470. The summed E-state index contributed by atoms with van der Waals surface area (Å²) in [4.78, 5) is 0. The Kier molecular flexibility index (Phi) is 2.00. The molecular formula is C11H15NO. The molecule has 0 aliphatic heterocycles. The summed E-state index contributed by atoms with van der Waals surface area (Å²) < 4.78 is 0. The Morgan fingerprint density at radius 1 is 1.31 bits per heavy atom. The molecule has 1 aliphatic rings. The highest BCUT2D eigenvalue weighted by Gasteiger charge is 2.41. The van der Waals surface area contributed by atoms with Gasteiger partial charge in [-0.15, -0.1) is 0 Å². The Morgan fingerprint density at radius 3 is 2.38 bits per heavy atom. The van der Waals surface area contributed by atoms with Crippen LogP contribution in [0.1, 0.15) is 18.4 Å². The quantitative estimate of drug-likeness (QED) is 0.739. The summed E-state index contributed by atoms with van der Waals surface area (Å²) in [6.45, 7) is 2.31. The zero-order valence-corrected chi connectivity index (χ0v) is 7.88. The first-order chi connectivity index (χ1) is 6.24. The van der Waals surface area contributed by atoms with Gasteiger partial charge >= 0.3 is 0 Å². The molecular weight excluding hydrogens is 162 g/mol. The summed E-state index contributed by atoms with van der Waals surface area (Å²) in [6, 6.07) is 8.28. The minimum Gasteiger partial charge on any atom is -0.394 e. The van der Waals surface area contributed by atoms with Crippen molar-refractivity contribution in [2.24, 2.45) is 0 Å². The van der Waals surface area contributed by atoms with Gasteiger partial charge < -0.3 is 10.4 Å². The molecule has 0 atom stereocenters. The molecule has 70 valence electrons. The third-order valence-corrected chi connectivity index (χ3v) is 2.62. The van der Waals surface area contributed by atoms with Gasteiger partial charge in [-0.1, -0.05) is 17.7 Å². The molecule has 0 heterocycles. The maximum atomic E-state index is 9.11. The molecule has 1 aromatic carbocycles. The van der Waals surface area contributed by atoms with Gasteiger partial charge in [0.15, 0.2) is 0 Å². The lowest BCUT2D eigenvalue weighted by Crippen LogP contribution is -2.25. The summed E-state index contributed by atoms with van der Waals surface area (Å²) in [6.07, 6.45) is 2.16. The molecule has 2 N–H and O–H groups in total. The predicted octanol–water partition coefficient (Wildman–Crippen LogP) is 1.93. The Morgan fingerprint density at radius 2 is 1.92 bits per heavy atom.